The molecule has 3 aromatic heterocycles. The molecule has 0 unspecified atom stereocenters. The quantitative estimate of drug-likeness (QED) is 0.126. The number of aromatic nitrogens is 7. The molecule has 266 valence electrons. The summed E-state index contributed by atoms with van der Waals surface area (Å²) in [4.78, 5) is 46.6. The SMILES string of the molecule is COc1cc(/C=N\Nc2nc(Nc3ccccc3)nc(N3CCCC3)n2)ccc1Oc1nc2c(c(=O)n(C)c(=O)n2C)n1Cc1ccc(Cl)cc1Cl. The van der Waals surface area contributed by atoms with Crippen molar-refractivity contribution in [3.8, 4) is 17.5 Å². The molecule has 1 aliphatic rings. The van der Waals surface area contributed by atoms with E-state index in [-0.39, 0.29) is 29.7 Å². The van der Waals surface area contributed by atoms with Crippen molar-refractivity contribution in [2.24, 2.45) is 19.2 Å². The standard InChI is InChI=1S/C35H33Cl2N11O4/c1-45-29-28(30(49)46(2)35(45)50)48(20-22-12-13-23(36)18-25(22)37)34(40-29)52-26-14-11-21(17-27(26)51-3)19-38-44-32-41-31(39-24-9-5-4-6-10-24)42-33(43-32)47-15-7-8-16-47/h4-6,9-14,17-19H,7-8,15-16,20H2,1-3H3,(H2,39,41,42,43,44)/b38-19-. The first kappa shape index (κ1) is 34.5. The van der Waals surface area contributed by atoms with Gasteiger partial charge in [-0.3, -0.25) is 18.5 Å². The van der Waals surface area contributed by atoms with Gasteiger partial charge in [-0.25, -0.2) is 10.2 Å². The van der Waals surface area contributed by atoms with Crippen LogP contribution in [0.4, 0.5) is 23.5 Å². The van der Waals surface area contributed by atoms with Crippen molar-refractivity contribution >= 4 is 64.1 Å². The summed E-state index contributed by atoms with van der Waals surface area (Å²) in [6.45, 7) is 1.84. The number of hydrazone groups is 1. The van der Waals surface area contributed by atoms with Crippen LogP contribution in [0.1, 0.15) is 24.0 Å². The van der Waals surface area contributed by atoms with Gasteiger partial charge in [0.25, 0.3) is 5.56 Å². The minimum absolute atomic E-state index is 0.0456. The van der Waals surface area contributed by atoms with Gasteiger partial charge in [-0.1, -0.05) is 47.5 Å². The first-order valence-electron chi connectivity index (χ1n) is 16.3. The zero-order valence-electron chi connectivity index (χ0n) is 28.4. The summed E-state index contributed by atoms with van der Waals surface area (Å²) in [5, 5.41) is 8.47. The van der Waals surface area contributed by atoms with Crippen LogP contribution in [0, 0.1) is 0 Å². The Labute approximate surface area is 307 Å². The molecule has 0 radical (unpaired) electrons. The molecule has 3 aromatic carbocycles. The van der Waals surface area contributed by atoms with E-state index in [1.165, 1.54) is 25.8 Å². The fourth-order valence-electron chi connectivity index (χ4n) is 5.76. The number of rotatable bonds is 11. The number of benzene rings is 3. The van der Waals surface area contributed by atoms with Gasteiger partial charge in [0.2, 0.25) is 17.8 Å². The van der Waals surface area contributed by atoms with Gasteiger partial charge < -0.3 is 19.7 Å². The Kier molecular flexibility index (Phi) is 9.78. The second-order valence-corrected chi connectivity index (χ2v) is 12.8. The number of methoxy groups -OCH3 is 1. The highest BCUT2D eigenvalue weighted by Gasteiger charge is 2.23. The largest absolute Gasteiger partial charge is 0.493 e. The lowest BCUT2D eigenvalue weighted by molar-refractivity contribution is 0.361. The number of imidazole rings is 1. The van der Waals surface area contributed by atoms with Crippen LogP contribution in [0.25, 0.3) is 11.2 Å². The van der Waals surface area contributed by atoms with Crippen molar-refractivity contribution in [2.75, 3.05) is 35.8 Å². The Morgan fingerprint density at radius 2 is 1.65 bits per heavy atom. The van der Waals surface area contributed by atoms with Gasteiger partial charge in [-0.2, -0.15) is 25.0 Å². The van der Waals surface area contributed by atoms with E-state index < -0.39 is 11.2 Å². The molecular formula is C35H33Cl2N11O4. The Morgan fingerprint density at radius 1 is 0.885 bits per heavy atom. The zero-order chi connectivity index (χ0) is 36.4. The number of nitrogens with one attached hydrogen (secondary N) is 2. The number of para-hydroxylation sites is 1. The minimum atomic E-state index is -0.537. The Morgan fingerprint density at radius 3 is 2.40 bits per heavy atom. The van der Waals surface area contributed by atoms with Crippen LogP contribution in [-0.2, 0) is 20.6 Å². The third-order valence-electron chi connectivity index (χ3n) is 8.47. The lowest BCUT2D eigenvalue weighted by Crippen LogP contribution is -2.37. The molecule has 4 heterocycles. The fourth-order valence-corrected chi connectivity index (χ4v) is 6.23. The van der Waals surface area contributed by atoms with Crippen LogP contribution in [0.3, 0.4) is 0 Å². The first-order valence-corrected chi connectivity index (χ1v) is 17.0. The fraction of sp³-hybridized carbons (Fsp3) is 0.229. The van der Waals surface area contributed by atoms with Gasteiger partial charge in [0.05, 0.1) is 19.9 Å². The second kappa shape index (κ2) is 14.7. The summed E-state index contributed by atoms with van der Waals surface area (Å²) in [6, 6.07) is 19.9. The van der Waals surface area contributed by atoms with Gasteiger partial charge in [0, 0.05) is 42.9 Å². The summed E-state index contributed by atoms with van der Waals surface area (Å²) >= 11 is 12.6. The van der Waals surface area contributed by atoms with E-state index in [4.69, 9.17) is 32.7 Å². The monoisotopic (exact) mass is 741 g/mol. The summed E-state index contributed by atoms with van der Waals surface area (Å²) < 4.78 is 15.8. The molecule has 2 N–H and O–H groups in total. The predicted molar refractivity (Wildman–Crippen MR) is 201 cm³/mol. The second-order valence-electron chi connectivity index (χ2n) is 11.9. The summed E-state index contributed by atoms with van der Waals surface area (Å²) in [5.41, 5.74) is 4.35. The van der Waals surface area contributed by atoms with Crippen LogP contribution in [0.5, 0.6) is 17.5 Å². The number of hydrogen-bond donors (Lipinski definition) is 2. The maximum atomic E-state index is 13.4. The third-order valence-corrected chi connectivity index (χ3v) is 9.05. The third kappa shape index (κ3) is 7.13. The summed E-state index contributed by atoms with van der Waals surface area (Å²) in [7, 11) is 4.44. The van der Waals surface area contributed by atoms with Gasteiger partial charge >= 0.3 is 11.7 Å². The molecule has 0 aliphatic carbocycles. The topological polar surface area (TPSA) is 159 Å². The lowest BCUT2D eigenvalue weighted by atomic mass is 10.2. The normalized spacial score (nSPS) is 12.9. The predicted octanol–water partition coefficient (Wildman–Crippen LogP) is 5.56. The van der Waals surface area contributed by atoms with E-state index in [2.05, 4.69) is 40.7 Å². The first-order chi connectivity index (χ1) is 25.2. The molecule has 6 aromatic rings. The van der Waals surface area contributed by atoms with Crippen LogP contribution in [0.2, 0.25) is 10.0 Å². The van der Waals surface area contributed by atoms with Crippen LogP contribution >= 0.6 is 23.2 Å². The highest BCUT2D eigenvalue weighted by molar-refractivity contribution is 6.35. The molecule has 7 rings (SSSR count). The number of halogens is 2. The maximum Gasteiger partial charge on any atom is 0.332 e. The number of nitrogens with zero attached hydrogens (tertiary/aromatic N) is 9. The van der Waals surface area contributed by atoms with Crippen LogP contribution < -0.4 is 36.4 Å². The number of anilines is 4. The minimum Gasteiger partial charge on any atom is -0.493 e. The van der Waals surface area contributed by atoms with Crippen molar-refractivity contribution in [3.05, 3.63) is 109 Å². The molecule has 1 fully saturated rings. The molecule has 0 saturated carbocycles. The Bertz CT molecular complexity index is 2420. The molecule has 0 atom stereocenters. The van der Waals surface area contributed by atoms with Crippen molar-refractivity contribution in [3.63, 3.8) is 0 Å². The van der Waals surface area contributed by atoms with Gasteiger partial charge in [0.15, 0.2) is 22.7 Å². The number of hydrogen-bond acceptors (Lipinski definition) is 12. The summed E-state index contributed by atoms with van der Waals surface area (Å²) in [6.07, 6.45) is 3.73. The molecule has 52 heavy (non-hydrogen) atoms. The van der Waals surface area contributed by atoms with Crippen molar-refractivity contribution in [1.82, 2.24) is 33.6 Å². The smallest absolute Gasteiger partial charge is 0.332 e. The van der Waals surface area contributed by atoms with Crippen molar-refractivity contribution < 1.29 is 9.47 Å². The molecule has 17 heteroatoms. The molecular weight excluding hydrogens is 709 g/mol. The molecule has 0 spiro atoms. The van der Waals surface area contributed by atoms with Gasteiger partial charge in [-0.05, 0) is 66.4 Å². The van der Waals surface area contributed by atoms with E-state index in [9.17, 15) is 9.59 Å². The molecule has 1 saturated heterocycles. The van der Waals surface area contributed by atoms with E-state index in [1.807, 2.05) is 30.3 Å². The lowest BCUT2D eigenvalue weighted by Gasteiger charge is -2.16. The average Bonchev–Trinajstić information content (AvgIpc) is 3.81. The Hall–Kier alpha value is -5.93. The van der Waals surface area contributed by atoms with E-state index >= 15 is 0 Å². The van der Waals surface area contributed by atoms with Gasteiger partial charge in [0.1, 0.15) is 0 Å². The summed E-state index contributed by atoms with van der Waals surface area (Å²) in [5.74, 6) is 1.90. The van der Waals surface area contributed by atoms with Crippen LogP contribution in [0.15, 0.2) is 81.4 Å². The number of aryl methyl sites for hydroxylation is 1. The Balaban J connectivity index is 1.17. The molecule has 0 amide bonds. The van der Waals surface area contributed by atoms with Gasteiger partial charge in [-0.15, -0.1) is 0 Å². The highest BCUT2D eigenvalue weighted by atomic mass is 35.5. The van der Waals surface area contributed by atoms with Crippen molar-refractivity contribution in [1.29, 1.82) is 0 Å². The highest BCUT2D eigenvalue weighted by Crippen LogP contribution is 2.34. The number of ether oxygens (including phenoxy) is 2. The zero-order valence-corrected chi connectivity index (χ0v) is 29.9. The molecule has 1 aliphatic heterocycles. The maximum absolute atomic E-state index is 13.4. The van der Waals surface area contributed by atoms with Crippen molar-refractivity contribution in [2.45, 2.75) is 19.4 Å². The van der Waals surface area contributed by atoms with Crippen LogP contribution in [-0.4, -0.2) is 60.1 Å². The van der Waals surface area contributed by atoms with E-state index in [1.54, 1.807) is 47.2 Å². The van der Waals surface area contributed by atoms with E-state index in [0.717, 1.165) is 36.2 Å². The van der Waals surface area contributed by atoms with E-state index in [0.29, 0.717) is 44.6 Å². The molecule has 15 nitrogen and oxygen atoms in total. The molecule has 0 bridgehead atoms. The average molecular weight is 743 g/mol. The number of fused-ring (bicyclic) bond motifs is 1.